The molecule has 0 aromatic carbocycles. The average molecular weight is 200 g/mol. The summed E-state index contributed by atoms with van der Waals surface area (Å²) in [6, 6.07) is 0. The van der Waals surface area contributed by atoms with Gasteiger partial charge in [0, 0.05) is 0 Å². The summed E-state index contributed by atoms with van der Waals surface area (Å²) in [5, 5.41) is 22.8. The lowest BCUT2D eigenvalue weighted by atomic mass is 10.0. The van der Waals surface area contributed by atoms with Crippen molar-refractivity contribution in [2.24, 2.45) is 0 Å². The maximum absolute atomic E-state index is 11.4. The normalized spacial score (nSPS) is 15.4. The van der Waals surface area contributed by atoms with Crippen molar-refractivity contribution in [2.75, 3.05) is 0 Å². The van der Waals surface area contributed by atoms with E-state index in [4.69, 9.17) is 0 Å². The van der Waals surface area contributed by atoms with E-state index in [2.05, 4.69) is 13.8 Å². The topological polar surface area (TPSA) is 39.8 Å². The van der Waals surface area contributed by atoms with Crippen molar-refractivity contribution in [2.45, 2.75) is 77.4 Å². The Hall–Kier alpha value is -0.0800. The summed E-state index contributed by atoms with van der Waals surface area (Å²) in [5.41, 5.74) is 0. The van der Waals surface area contributed by atoms with Crippen LogP contribution >= 0.6 is 0 Å². The largest absolute Gasteiger partial charge is 0.230 e. The van der Waals surface area contributed by atoms with Crippen LogP contribution < -0.4 is 0 Å². The summed E-state index contributed by atoms with van der Waals surface area (Å²) in [5.74, 6) is 0. The van der Waals surface area contributed by atoms with E-state index in [1.54, 1.807) is 0 Å². The molecule has 2 radical (unpaired) electrons. The zero-order valence-electron chi connectivity index (χ0n) is 9.63. The number of hydrogen-bond donors (Lipinski definition) is 0. The van der Waals surface area contributed by atoms with Crippen LogP contribution in [0.5, 0.6) is 0 Å². The minimum atomic E-state index is -0.863. The van der Waals surface area contributed by atoms with E-state index < -0.39 is 12.2 Å². The molecule has 0 rings (SSSR count). The van der Waals surface area contributed by atoms with Crippen LogP contribution in [0.2, 0.25) is 0 Å². The van der Waals surface area contributed by atoms with Gasteiger partial charge in [-0.15, -0.1) is 0 Å². The standard InChI is InChI=1S/C12H24O2/c1-3-5-7-9-11(13)12(14)10-8-6-4-2/h11-12H,3-10H2,1-2H3/t11-,12-/m0/s1. The minimum absolute atomic E-state index is 0.578. The van der Waals surface area contributed by atoms with Crippen molar-refractivity contribution in [1.29, 1.82) is 0 Å². The Bertz CT molecular complexity index is 101. The summed E-state index contributed by atoms with van der Waals surface area (Å²) >= 11 is 0. The molecule has 0 saturated carbocycles. The van der Waals surface area contributed by atoms with Gasteiger partial charge in [-0.3, -0.25) is 0 Å². The molecule has 84 valence electrons. The highest BCUT2D eigenvalue weighted by molar-refractivity contribution is 4.66. The molecule has 14 heavy (non-hydrogen) atoms. The molecule has 0 amide bonds. The van der Waals surface area contributed by atoms with Crippen LogP contribution in [0.15, 0.2) is 0 Å². The Balaban J connectivity index is 3.39. The van der Waals surface area contributed by atoms with Gasteiger partial charge in [0.25, 0.3) is 0 Å². The lowest BCUT2D eigenvalue weighted by Crippen LogP contribution is -2.23. The van der Waals surface area contributed by atoms with Crippen LogP contribution in [0.4, 0.5) is 0 Å². The summed E-state index contributed by atoms with van der Waals surface area (Å²) in [6.07, 6.45) is 5.69. The molecule has 0 aliphatic heterocycles. The van der Waals surface area contributed by atoms with Gasteiger partial charge in [-0.2, -0.15) is 0 Å². The summed E-state index contributed by atoms with van der Waals surface area (Å²) in [7, 11) is 0. The quantitative estimate of drug-likeness (QED) is 0.509. The molecule has 0 fully saturated rings. The molecule has 0 unspecified atom stereocenters. The molecule has 0 aliphatic rings. The van der Waals surface area contributed by atoms with Crippen molar-refractivity contribution >= 4 is 0 Å². The van der Waals surface area contributed by atoms with Gasteiger partial charge in [-0.05, 0) is 12.8 Å². The third-order valence-corrected chi connectivity index (χ3v) is 2.60. The van der Waals surface area contributed by atoms with Crippen LogP contribution in [-0.2, 0) is 10.2 Å². The Morgan fingerprint density at radius 2 is 1.07 bits per heavy atom. The van der Waals surface area contributed by atoms with Crippen LogP contribution in [0.3, 0.4) is 0 Å². The molecular weight excluding hydrogens is 176 g/mol. The van der Waals surface area contributed by atoms with Crippen molar-refractivity contribution in [3.05, 3.63) is 0 Å². The summed E-state index contributed by atoms with van der Waals surface area (Å²) in [4.78, 5) is 0. The zero-order chi connectivity index (χ0) is 10.8. The van der Waals surface area contributed by atoms with Crippen molar-refractivity contribution in [1.82, 2.24) is 0 Å². The highest BCUT2D eigenvalue weighted by Gasteiger charge is 2.18. The van der Waals surface area contributed by atoms with Gasteiger partial charge in [-0.25, -0.2) is 10.2 Å². The van der Waals surface area contributed by atoms with E-state index in [1.165, 1.54) is 0 Å². The average Bonchev–Trinajstić information content (AvgIpc) is 2.18. The molecule has 0 spiro atoms. The fourth-order valence-electron chi connectivity index (χ4n) is 1.56. The van der Waals surface area contributed by atoms with Gasteiger partial charge < -0.3 is 0 Å². The summed E-state index contributed by atoms with van der Waals surface area (Å²) in [6.45, 7) is 4.21. The maximum Gasteiger partial charge on any atom is 0.122 e. The second-order valence-electron chi connectivity index (χ2n) is 4.07. The molecule has 0 saturated heterocycles. The van der Waals surface area contributed by atoms with E-state index in [-0.39, 0.29) is 0 Å². The molecule has 0 aromatic rings. The highest BCUT2D eigenvalue weighted by Crippen LogP contribution is 2.13. The van der Waals surface area contributed by atoms with Crippen molar-refractivity contribution < 1.29 is 10.2 Å². The van der Waals surface area contributed by atoms with E-state index in [0.29, 0.717) is 12.8 Å². The van der Waals surface area contributed by atoms with Gasteiger partial charge in [0.05, 0.1) is 0 Å². The molecule has 2 nitrogen and oxygen atoms in total. The molecule has 0 heterocycles. The summed E-state index contributed by atoms with van der Waals surface area (Å²) < 4.78 is 0. The van der Waals surface area contributed by atoms with E-state index in [1.807, 2.05) is 0 Å². The molecule has 0 bridgehead atoms. The van der Waals surface area contributed by atoms with Gasteiger partial charge in [-0.1, -0.05) is 52.4 Å². The van der Waals surface area contributed by atoms with Gasteiger partial charge in [0.1, 0.15) is 12.2 Å². The predicted octanol–water partition coefficient (Wildman–Crippen LogP) is 3.75. The van der Waals surface area contributed by atoms with E-state index >= 15 is 0 Å². The zero-order valence-corrected chi connectivity index (χ0v) is 9.63. The number of unbranched alkanes of at least 4 members (excludes halogenated alkanes) is 4. The Kier molecular flexibility index (Phi) is 9.42. The van der Waals surface area contributed by atoms with E-state index in [0.717, 1.165) is 38.5 Å². The maximum atomic E-state index is 11.4. The number of rotatable bonds is 9. The molecule has 2 heteroatoms. The van der Waals surface area contributed by atoms with Gasteiger partial charge >= 0.3 is 0 Å². The third-order valence-electron chi connectivity index (χ3n) is 2.60. The predicted molar refractivity (Wildman–Crippen MR) is 57.2 cm³/mol. The van der Waals surface area contributed by atoms with Crippen molar-refractivity contribution in [3.63, 3.8) is 0 Å². The molecule has 0 aliphatic carbocycles. The molecule has 0 aromatic heterocycles. The Labute approximate surface area is 88.3 Å². The van der Waals surface area contributed by atoms with E-state index in [9.17, 15) is 10.2 Å². The monoisotopic (exact) mass is 200 g/mol. The molecular formula is C12H24O2. The van der Waals surface area contributed by atoms with Crippen molar-refractivity contribution in [3.8, 4) is 0 Å². The second kappa shape index (κ2) is 9.47. The third kappa shape index (κ3) is 7.34. The Morgan fingerprint density at radius 3 is 1.36 bits per heavy atom. The van der Waals surface area contributed by atoms with Gasteiger partial charge in [0.2, 0.25) is 0 Å². The first-order valence-electron chi connectivity index (χ1n) is 6.04. The van der Waals surface area contributed by atoms with Crippen LogP contribution in [-0.4, -0.2) is 12.2 Å². The second-order valence-corrected chi connectivity index (χ2v) is 4.07. The lowest BCUT2D eigenvalue weighted by molar-refractivity contribution is -0.0687. The lowest BCUT2D eigenvalue weighted by Gasteiger charge is -2.13. The van der Waals surface area contributed by atoms with Crippen LogP contribution in [0.25, 0.3) is 0 Å². The first-order chi connectivity index (χ1) is 6.72. The minimum Gasteiger partial charge on any atom is -0.230 e. The fraction of sp³-hybridized carbons (Fsp3) is 1.00. The Morgan fingerprint density at radius 1 is 0.714 bits per heavy atom. The first-order valence-corrected chi connectivity index (χ1v) is 6.04. The highest BCUT2D eigenvalue weighted by atomic mass is 16.3. The van der Waals surface area contributed by atoms with Gasteiger partial charge in [0.15, 0.2) is 0 Å². The van der Waals surface area contributed by atoms with Crippen LogP contribution in [0.1, 0.15) is 65.2 Å². The first kappa shape index (κ1) is 13.9. The number of hydrogen-bond acceptors (Lipinski definition) is 0. The molecule has 0 N–H and O–H groups in total. The van der Waals surface area contributed by atoms with Crippen LogP contribution in [0, 0.1) is 0 Å². The fourth-order valence-corrected chi connectivity index (χ4v) is 1.56. The SMILES string of the molecule is CCCCC[C@H]([O])[C@@H]([O])CCCCC. The smallest absolute Gasteiger partial charge is 0.122 e. The molecule has 2 atom stereocenters.